The molecule has 0 saturated heterocycles. The first-order valence-corrected chi connectivity index (χ1v) is 6.74. The molecule has 0 unspecified atom stereocenters. The highest BCUT2D eigenvalue weighted by atomic mass is 35.5. The van der Waals surface area contributed by atoms with Crippen molar-refractivity contribution in [2.24, 2.45) is 0 Å². The van der Waals surface area contributed by atoms with Crippen LogP contribution in [0.4, 0.5) is 0 Å². The summed E-state index contributed by atoms with van der Waals surface area (Å²) < 4.78 is 1.83. The molecule has 0 aliphatic heterocycles. The lowest BCUT2D eigenvalue weighted by molar-refractivity contribution is 1.09. The standard InChI is InChI=1S/C15H9ClN4O/c16-10-7-5-9(6-8-10)13-18-19-15-17-14(21)11-3-1-2-4-12(11)20(13)15/h1-8H,(H,17,19,21). The van der Waals surface area contributed by atoms with Crippen molar-refractivity contribution < 1.29 is 0 Å². The Labute approximate surface area is 123 Å². The lowest BCUT2D eigenvalue weighted by atomic mass is 10.2. The highest BCUT2D eigenvalue weighted by Crippen LogP contribution is 2.22. The first kappa shape index (κ1) is 12.1. The van der Waals surface area contributed by atoms with E-state index < -0.39 is 0 Å². The van der Waals surface area contributed by atoms with Crippen molar-refractivity contribution in [1.82, 2.24) is 19.6 Å². The van der Waals surface area contributed by atoms with Crippen LogP contribution in [0.2, 0.25) is 5.02 Å². The van der Waals surface area contributed by atoms with Crippen LogP contribution in [0.3, 0.4) is 0 Å². The fourth-order valence-electron chi connectivity index (χ4n) is 2.41. The maximum atomic E-state index is 12.0. The smallest absolute Gasteiger partial charge is 0.260 e. The number of benzene rings is 2. The van der Waals surface area contributed by atoms with Gasteiger partial charge in [-0.1, -0.05) is 23.7 Å². The number of hydrogen-bond donors (Lipinski definition) is 1. The van der Waals surface area contributed by atoms with E-state index in [0.717, 1.165) is 11.1 Å². The monoisotopic (exact) mass is 296 g/mol. The normalized spacial score (nSPS) is 11.3. The van der Waals surface area contributed by atoms with Crippen molar-refractivity contribution in [1.29, 1.82) is 0 Å². The molecule has 102 valence electrons. The molecular weight excluding hydrogens is 288 g/mol. The van der Waals surface area contributed by atoms with Crippen LogP contribution >= 0.6 is 11.6 Å². The first-order chi connectivity index (χ1) is 10.2. The molecule has 0 fully saturated rings. The van der Waals surface area contributed by atoms with Crippen LogP contribution in [0.25, 0.3) is 28.1 Å². The van der Waals surface area contributed by atoms with E-state index in [9.17, 15) is 4.79 Å². The molecule has 0 aliphatic carbocycles. The summed E-state index contributed by atoms with van der Waals surface area (Å²) in [7, 11) is 0. The molecule has 2 aromatic carbocycles. The maximum Gasteiger partial charge on any atom is 0.260 e. The van der Waals surface area contributed by atoms with Crippen molar-refractivity contribution in [3.05, 3.63) is 63.9 Å². The second-order valence-corrected chi connectivity index (χ2v) is 5.10. The number of aromatic nitrogens is 4. The molecule has 1 N–H and O–H groups in total. The molecule has 0 radical (unpaired) electrons. The molecule has 4 aromatic rings. The minimum absolute atomic E-state index is 0.173. The lowest BCUT2D eigenvalue weighted by Gasteiger charge is -2.04. The summed E-state index contributed by atoms with van der Waals surface area (Å²) in [5, 5.41) is 9.49. The molecule has 6 heteroatoms. The van der Waals surface area contributed by atoms with Crippen LogP contribution in [0.1, 0.15) is 0 Å². The zero-order valence-corrected chi connectivity index (χ0v) is 11.5. The molecule has 0 spiro atoms. The predicted molar refractivity (Wildman–Crippen MR) is 81.6 cm³/mol. The van der Waals surface area contributed by atoms with Crippen molar-refractivity contribution in [2.75, 3.05) is 0 Å². The van der Waals surface area contributed by atoms with Gasteiger partial charge in [-0.3, -0.25) is 14.2 Å². The molecule has 0 aliphatic rings. The Balaban J connectivity index is 2.14. The Hall–Kier alpha value is -2.66. The van der Waals surface area contributed by atoms with Gasteiger partial charge in [-0.2, -0.15) is 0 Å². The minimum Gasteiger partial charge on any atom is -0.290 e. The third-order valence-electron chi connectivity index (χ3n) is 3.38. The van der Waals surface area contributed by atoms with Crippen LogP contribution in [0.5, 0.6) is 0 Å². The topological polar surface area (TPSA) is 63.0 Å². The van der Waals surface area contributed by atoms with Gasteiger partial charge in [0.1, 0.15) is 0 Å². The van der Waals surface area contributed by atoms with Gasteiger partial charge in [0.15, 0.2) is 5.82 Å². The second-order valence-electron chi connectivity index (χ2n) is 4.66. The average Bonchev–Trinajstić information content (AvgIpc) is 2.92. The summed E-state index contributed by atoms with van der Waals surface area (Å²) in [5.74, 6) is 1.08. The number of fused-ring (bicyclic) bond motifs is 3. The highest BCUT2D eigenvalue weighted by molar-refractivity contribution is 6.30. The molecular formula is C15H9ClN4O. The Bertz CT molecular complexity index is 1020. The lowest BCUT2D eigenvalue weighted by Crippen LogP contribution is -2.10. The number of rotatable bonds is 1. The third kappa shape index (κ3) is 1.82. The Morgan fingerprint density at radius 1 is 1.00 bits per heavy atom. The van der Waals surface area contributed by atoms with Crippen molar-refractivity contribution in [3.63, 3.8) is 0 Å². The predicted octanol–water partition coefficient (Wildman–Crippen LogP) is 2.89. The van der Waals surface area contributed by atoms with E-state index in [1.54, 1.807) is 18.2 Å². The van der Waals surface area contributed by atoms with Crippen LogP contribution in [-0.2, 0) is 0 Å². The van der Waals surface area contributed by atoms with E-state index in [0.29, 0.717) is 22.0 Å². The maximum absolute atomic E-state index is 12.0. The summed E-state index contributed by atoms with van der Waals surface area (Å²) in [6.07, 6.45) is 0. The number of hydrogen-bond acceptors (Lipinski definition) is 3. The largest absolute Gasteiger partial charge is 0.290 e. The highest BCUT2D eigenvalue weighted by Gasteiger charge is 2.12. The van der Waals surface area contributed by atoms with Gasteiger partial charge >= 0.3 is 0 Å². The summed E-state index contributed by atoms with van der Waals surface area (Å²) in [6, 6.07) is 14.7. The second kappa shape index (κ2) is 4.43. The van der Waals surface area contributed by atoms with Crippen LogP contribution < -0.4 is 5.56 Å². The van der Waals surface area contributed by atoms with E-state index in [1.807, 2.05) is 34.7 Å². The van der Waals surface area contributed by atoms with Gasteiger partial charge in [0.2, 0.25) is 5.78 Å². The summed E-state index contributed by atoms with van der Waals surface area (Å²) in [4.78, 5) is 14.8. The Kier molecular flexibility index (Phi) is 2.55. The van der Waals surface area contributed by atoms with Crippen LogP contribution in [0, 0.1) is 0 Å². The Morgan fingerprint density at radius 3 is 2.57 bits per heavy atom. The molecule has 2 heterocycles. The van der Waals surface area contributed by atoms with Gasteiger partial charge in [-0.05, 0) is 36.4 Å². The van der Waals surface area contributed by atoms with Gasteiger partial charge in [0.05, 0.1) is 10.9 Å². The van der Waals surface area contributed by atoms with Gasteiger partial charge < -0.3 is 0 Å². The molecule has 0 bridgehead atoms. The van der Waals surface area contributed by atoms with Crippen molar-refractivity contribution >= 4 is 28.3 Å². The molecule has 2 aromatic heterocycles. The van der Waals surface area contributed by atoms with Gasteiger partial charge in [-0.25, -0.2) is 0 Å². The van der Waals surface area contributed by atoms with Crippen LogP contribution in [0.15, 0.2) is 53.3 Å². The number of halogens is 1. The average molecular weight is 297 g/mol. The zero-order valence-electron chi connectivity index (χ0n) is 10.7. The number of aromatic amines is 1. The van der Waals surface area contributed by atoms with Crippen molar-refractivity contribution in [2.45, 2.75) is 0 Å². The third-order valence-corrected chi connectivity index (χ3v) is 3.63. The summed E-state index contributed by atoms with van der Waals surface area (Å²) in [5.41, 5.74) is 1.48. The quantitative estimate of drug-likeness (QED) is 0.587. The van der Waals surface area contributed by atoms with E-state index >= 15 is 0 Å². The number of H-pyrrole nitrogens is 1. The summed E-state index contributed by atoms with van der Waals surface area (Å²) in [6.45, 7) is 0. The molecule has 0 amide bonds. The number of para-hydroxylation sites is 1. The van der Waals surface area contributed by atoms with Crippen LogP contribution in [-0.4, -0.2) is 19.6 Å². The van der Waals surface area contributed by atoms with Crippen molar-refractivity contribution in [3.8, 4) is 11.4 Å². The summed E-state index contributed by atoms with van der Waals surface area (Å²) >= 11 is 5.92. The van der Waals surface area contributed by atoms with E-state index in [4.69, 9.17) is 11.6 Å². The van der Waals surface area contributed by atoms with E-state index in [1.165, 1.54) is 0 Å². The SMILES string of the molecule is O=c1[nH]c2nnc(-c3ccc(Cl)cc3)n2c2ccccc12. The zero-order chi connectivity index (χ0) is 14.4. The van der Waals surface area contributed by atoms with Gasteiger partial charge in [0, 0.05) is 10.6 Å². The fourth-order valence-corrected chi connectivity index (χ4v) is 2.53. The molecule has 21 heavy (non-hydrogen) atoms. The Morgan fingerprint density at radius 2 is 1.76 bits per heavy atom. The molecule has 0 atom stereocenters. The van der Waals surface area contributed by atoms with Gasteiger partial charge in [-0.15, -0.1) is 10.2 Å². The molecule has 4 rings (SSSR count). The first-order valence-electron chi connectivity index (χ1n) is 6.36. The van der Waals surface area contributed by atoms with E-state index in [-0.39, 0.29) is 5.56 Å². The number of nitrogens with one attached hydrogen (secondary N) is 1. The number of nitrogens with zero attached hydrogens (tertiary/aromatic N) is 3. The minimum atomic E-state index is -0.173. The van der Waals surface area contributed by atoms with Gasteiger partial charge in [0.25, 0.3) is 5.56 Å². The fraction of sp³-hybridized carbons (Fsp3) is 0. The molecule has 5 nitrogen and oxygen atoms in total. The molecule has 0 saturated carbocycles. The van der Waals surface area contributed by atoms with E-state index in [2.05, 4.69) is 15.2 Å².